The standard InChI is InChI=1S/C34H38N8O2/c1-6-13-30(36)39-23(4)28(19-35)24(5)41(18-7-2)22-31-40-29-17-12-16-27(25-20-37-34(38-21-25)44-8-3)32(29)33(43)42(31)26-14-10-9-11-15-26/h9-17,20-21H,6-8,18,22,36H2,1-5H3/b28-24+,30-13-,39-23+. The number of para-hydroxylation sites is 1. The molecule has 0 spiro atoms. The number of aliphatic imine (C=N–C) groups is 1. The van der Waals surface area contributed by atoms with Gasteiger partial charge in [0.25, 0.3) is 5.56 Å². The fraction of sp³-hybridized carbons (Fsp3) is 0.294. The van der Waals surface area contributed by atoms with Crippen LogP contribution in [0, 0.1) is 11.3 Å². The zero-order chi connectivity index (χ0) is 31.6. The first-order chi connectivity index (χ1) is 21.3. The smallest absolute Gasteiger partial charge is 0.316 e. The molecule has 10 nitrogen and oxygen atoms in total. The molecule has 2 N–H and O–H groups in total. The highest BCUT2D eigenvalue weighted by atomic mass is 16.5. The molecular weight excluding hydrogens is 552 g/mol. The van der Waals surface area contributed by atoms with Crippen LogP contribution in [-0.2, 0) is 6.54 Å². The predicted octanol–water partition coefficient (Wildman–Crippen LogP) is 5.92. The molecule has 4 rings (SSSR count). The number of nitrogens with zero attached hydrogens (tertiary/aromatic N) is 7. The van der Waals surface area contributed by atoms with Crippen LogP contribution in [0.3, 0.4) is 0 Å². The molecule has 0 aliphatic carbocycles. The van der Waals surface area contributed by atoms with Crippen molar-refractivity contribution in [2.75, 3.05) is 13.2 Å². The molecule has 0 bridgehead atoms. The van der Waals surface area contributed by atoms with Crippen molar-refractivity contribution < 1.29 is 4.74 Å². The Morgan fingerprint density at radius 1 is 1.09 bits per heavy atom. The van der Waals surface area contributed by atoms with E-state index in [4.69, 9.17) is 15.5 Å². The first-order valence-electron chi connectivity index (χ1n) is 14.7. The lowest BCUT2D eigenvalue weighted by atomic mass is 10.0. The normalized spacial score (nSPS) is 12.5. The lowest BCUT2D eigenvalue weighted by molar-refractivity contribution is 0.312. The number of ether oxygens (including phenoxy) is 1. The largest absolute Gasteiger partial charge is 0.464 e. The van der Waals surface area contributed by atoms with Gasteiger partial charge in [0.2, 0.25) is 0 Å². The minimum atomic E-state index is -0.213. The van der Waals surface area contributed by atoms with Gasteiger partial charge in [-0.3, -0.25) is 9.36 Å². The van der Waals surface area contributed by atoms with E-state index in [2.05, 4.69) is 32.9 Å². The molecule has 2 heterocycles. The molecule has 10 heteroatoms. The Labute approximate surface area is 257 Å². The van der Waals surface area contributed by atoms with Crippen molar-refractivity contribution in [3.8, 4) is 28.9 Å². The van der Waals surface area contributed by atoms with Gasteiger partial charge in [-0.25, -0.2) is 19.9 Å². The van der Waals surface area contributed by atoms with Gasteiger partial charge in [0.15, 0.2) is 0 Å². The van der Waals surface area contributed by atoms with Crippen LogP contribution in [-0.4, -0.2) is 43.3 Å². The molecule has 0 unspecified atom stereocenters. The van der Waals surface area contributed by atoms with E-state index in [-0.39, 0.29) is 18.1 Å². The molecule has 0 saturated carbocycles. The highest BCUT2D eigenvalue weighted by Gasteiger charge is 2.21. The summed E-state index contributed by atoms with van der Waals surface area (Å²) < 4.78 is 7.05. The van der Waals surface area contributed by atoms with E-state index in [1.807, 2.05) is 75.4 Å². The van der Waals surface area contributed by atoms with E-state index in [9.17, 15) is 10.1 Å². The zero-order valence-electron chi connectivity index (χ0n) is 25.9. The van der Waals surface area contributed by atoms with Gasteiger partial charge >= 0.3 is 6.01 Å². The van der Waals surface area contributed by atoms with E-state index >= 15 is 0 Å². The van der Waals surface area contributed by atoms with E-state index in [1.165, 1.54) is 0 Å². The van der Waals surface area contributed by atoms with Crippen LogP contribution >= 0.6 is 0 Å². The third-order valence-corrected chi connectivity index (χ3v) is 7.04. The van der Waals surface area contributed by atoms with Gasteiger partial charge in [0.05, 0.1) is 41.0 Å². The fourth-order valence-electron chi connectivity index (χ4n) is 5.02. The average molecular weight is 591 g/mol. The maximum atomic E-state index is 14.4. The number of nitrogens with two attached hydrogens (primary N) is 1. The van der Waals surface area contributed by atoms with Crippen molar-refractivity contribution in [3.63, 3.8) is 0 Å². The van der Waals surface area contributed by atoms with Crippen LogP contribution in [0.2, 0.25) is 0 Å². The summed E-state index contributed by atoms with van der Waals surface area (Å²) in [6.45, 7) is 11.0. The van der Waals surface area contributed by atoms with Crippen LogP contribution in [0.4, 0.5) is 0 Å². The second-order valence-corrected chi connectivity index (χ2v) is 10.1. The monoisotopic (exact) mass is 590 g/mol. The maximum absolute atomic E-state index is 14.4. The lowest BCUT2D eigenvalue weighted by Crippen LogP contribution is -2.31. The highest BCUT2D eigenvalue weighted by molar-refractivity contribution is 6.02. The van der Waals surface area contributed by atoms with Crippen LogP contribution in [0.5, 0.6) is 6.01 Å². The summed E-state index contributed by atoms with van der Waals surface area (Å²) in [5, 5.41) is 10.6. The Kier molecular flexibility index (Phi) is 10.6. The second-order valence-electron chi connectivity index (χ2n) is 10.1. The van der Waals surface area contributed by atoms with Crippen molar-refractivity contribution in [2.24, 2.45) is 10.7 Å². The second kappa shape index (κ2) is 14.7. The first-order valence-corrected chi connectivity index (χ1v) is 14.7. The van der Waals surface area contributed by atoms with Crippen LogP contribution in [0.1, 0.15) is 53.3 Å². The topological polar surface area (TPSA) is 135 Å². The van der Waals surface area contributed by atoms with Gasteiger partial charge in [0, 0.05) is 30.2 Å². The van der Waals surface area contributed by atoms with Crippen molar-refractivity contribution in [3.05, 3.63) is 100 Å². The molecule has 2 aromatic heterocycles. The number of nitriles is 1. The number of hydrogen-bond donors (Lipinski definition) is 1. The van der Waals surface area contributed by atoms with E-state index in [1.54, 1.807) is 23.9 Å². The lowest BCUT2D eigenvalue weighted by Gasteiger charge is -2.27. The van der Waals surface area contributed by atoms with Gasteiger partial charge in [-0.15, -0.1) is 0 Å². The Morgan fingerprint density at radius 3 is 2.45 bits per heavy atom. The highest BCUT2D eigenvalue weighted by Crippen LogP contribution is 2.27. The number of rotatable bonds is 12. The van der Waals surface area contributed by atoms with Crippen LogP contribution in [0.25, 0.3) is 27.7 Å². The molecule has 226 valence electrons. The van der Waals surface area contributed by atoms with Crippen molar-refractivity contribution in [1.29, 1.82) is 5.26 Å². The van der Waals surface area contributed by atoms with Crippen molar-refractivity contribution in [1.82, 2.24) is 24.4 Å². The Hall–Kier alpha value is -5.30. The van der Waals surface area contributed by atoms with Crippen LogP contribution < -0.4 is 16.0 Å². The molecule has 0 aliphatic heterocycles. The number of aromatic nitrogens is 4. The zero-order valence-corrected chi connectivity index (χ0v) is 25.9. The van der Waals surface area contributed by atoms with Gasteiger partial charge in [-0.1, -0.05) is 44.2 Å². The SMILES string of the molecule is CC\C=C(N)/N=C(C)/C(C#N)=C(\C)N(CCC)Cc1nc2cccc(-c3cnc(OCC)nc3)c2c(=O)n1-c1ccccc1. The van der Waals surface area contributed by atoms with Gasteiger partial charge in [-0.2, -0.15) is 5.26 Å². The molecule has 2 aromatic carbocycles. The molecule has 0 fully saturated rings. The summed E-state index contributed by atoms with van der Waals surface area (Å²) in [7, 11) is 0. The Morgan fingerprint density at radius 2 is 1.82 bits per heavy atom. The van der Waals surface area contributed by atoms with Gasteiger partial charge in [0.1, 0.15) is 17.7 Å². The summed E-state index contributed by atoms with van der Waals surface area (Å²) in [6.07, 6.45) is 6.67. The van der Waals surface area contributed by atoms with E-state index in [0.717, 1.165) is 18.5 Å². The molecule has 0 amide bonds. The molecule has 0 aliphatic rings. The summed E-state index contributed by atoms with van der Waals surface area (Å²) in [6, 6.07) is 17.6. The van der Waals surface area contributed by atoms with E-state index < -0.39 is 0 Å². The third kappa shape index (κ3) is 7.01. The molecule has 44 heavy (non-hydrogen) atoms. The predicted molar refractivity (Wildman–Crippen MR) is 174 cm³/mol. The first kappa shape index (κ1) is 31.6. The van der Waals surface area contributed by atoms with Crippen LogP contribution in [0.15, 0.2) is 93.9 Å². The van der Waals surface area contributed by atoms with Crippen molar-refractivity contribution >= 4 is 16.6 Å². The van der Waals surface area contributed by atoms with E-state index in [0.29, 0.717) is 63.8 Å². The fourth-order valence-corrected chi connectivity index (χ4v) is 5.02. The van der Waals surface area contributed by atoms with Gasteiger partial charge < -0.3 is 15.4 Å². The number of benzene rings is 2. The number of allylic oxidation sites excluding steroid dienone is 3. The third-order valence-electron chi connectivity index (χ3n) is 7.04. The molecule has 0 radical (unpaired) electrons. The molecular formula is C34H38N8O2. The molecule has 0 saturated heterocycles. The van der Waals surface area contributed by atoms with Crippen molar-refractivity contribution in [2.45, 2.75) is 54.0 Å². The summed E-state index contributed by atoms with van der Waals surface area (Å²) in [5.74, 6) is 0.911. The summed E-state index contributed by atoms with van der Waals surface area (Å²) >= 11 is 0. The molecule has 4 aromatic rings. The quantitative estimate of drug-likeness (QED) is 0.159. The number of fused-ring (bicyclic) bond motifs is 1. The summed E-state index contributed by atoms with van der Waals surface area (Å²) in [4.78, 5) is 34.6. The summed E-state index contributed by atoms with van der Waals surface area (Å²) in [5.41, 5.74) is 10.1. The van der Waals surface area contributed by atoms with Gasteiger partial charge in [-0.05, 0) is 63.5 Å². The minimum Gasteiger partial charge on any atom is -0.464 e. The number of hydrogen-bond acceptors (Lipinski definition) is 9. The minimum absolute atomic E-state index is 0.213. The molecule has 0 atom stereocenters. The Bertz CT molecular complexity index is 1800. The average Bonchev–Trinajstić information content (AvgIpc) is 3.02. The maximum Gasteiger partial charge on any atom is 0.316 e. The Balaban J connectivity index is 1.91.